The molecule has 4 aromatic carbocycles. The first kappa shape index (κ1) is 30.0. The Labute approximate surface area is 264 Å². The van der Waals surface area contributed by atoms with E-state index in [2.05, 4.69) is 57.6 Å². The molecule has 0 bridgehead atoms. The molecule has 5 aromatic rings. The van der Waals surface area contributed by atoms with E-state index < -0.39 is 0 Å². The molecular formula is C37H39N5O3. The fourth-order valence-electron chi connectivity index (χ4n) is 5.84. The van der Waals surface area contributed by atoms with E-state index >= 15 is 0 Å². The first-order valence-electron chi connectivity index (χ1n) is 15.3. The van der Waals surface area contributed by atoms with Crippen LogP contribution in [0.2, 0.25) is 0 Å². The minimum absolute atomic E-state index is 0.252. The van der Waals surface area contributed by atoms with Crippen LogP contribution in [-0.2, 0) is 6.42 Å². The zero-order chi connectivity index (χ0) is 31.2. The molecule has 0 spiro atoms. The normalized spacial score (nSPS) is 13.4. The van der Waals surface area contributed by atoms with Crippen molar-refractivity contribution in [3.63, 3.8) is 0 Å². The summed E-state index contributed by atoms with van der Waals surface area (Å²) in [4.78, 5) is 25.1. The SMILES string of the molecule is COc1ccc(NC(=O)N(c2ccc(OC)cc2)c2cccc(CCN3CCN(c4cccc5nc(C)ccc45)CC3)c2)cc1. The van der Waals surface area contributed by atoms with Gasteiger partial charge in [0.2, 0.25) is 0 Å². The van der Waals surface area contributed by atoms with Crippen molar-refractivity contribution in [1.82, 2.24) is 9.88 Å². The summed E-state index contributed by atoms with van der Waals surface area (Å²) < 4.78 is 10.6. The number of nitrogens with zero attached hydrogens (tertiary/aromatic N) is 4. The molecule has 0 radical (unpaired) electrons. The number of benzene rings is 4. The number of aromatic nitrogens is 1. The van der Waals surface area contributed by atoms with Gasteiger partial charge in [-0.05, 0) is 104 Å². The van der Waals surface area contributed by atoms with E-state index in [4.69, 9.17) is 14.5 Å². The maximum atomic E-state index is 13.7. The summed E-state index contributed by atoms with van der Waals surface area (Å²) in [6.07, 6.45) is 0.891. The second-order valence-corrected chi connectivity index (χ2v) is 11.2. The predicted molar refractivity (Wildman–Crippen MR) is 182 cm³/mol. The third-order valence-corrected chi connectivity index (χ3v) is 8.32. The van der Waals surface area contributed by atoms with Crippen molar-refractivity contribution < 1.29 is 14.3 Å². The van der Waals surface area contributed by atoms with Gasteiger partial charge in [-0.25, -0.2) is 4.79 Å². The van der Waals surface area contributed by atoms with Gasteiger partial charge >= 0.3 is 6.03 Å². The molecule has 1 aliphatic rings. The van der Waals surface area contributed by atoms with Crippen LogP contribution in [0.4, 0.5) is 27.5 Å². The molecule has 1 fully saturated rings. The molecule has 2 amide bonds. The third kappa shape index (κ3) is 7.02. The van der Waals surface area contributed by atoms with E-state index in [0.29, 0.717) is 5.69 Å². The number of carbonyl (C=O) groups is 1. The Balaban J connectivity index is 1.13. The zero-order valence-electron chi connectivity index (χ0n) is 26.1. The van der Waals surface area contributed by atoms with E-state index in [9.17, 15) is 4.79 Å². The van der Waals surface area contributed by atoms with E-state index in [0.717, 1.165) is 73.2 Å². The highest BCUT2D eigenvalue weighted by atomic mass is 16.5. The Morgan fingerprint density at radius 2 is 1.49 bits per heavy atom. The molecule has 8 heteroatoms. The highest BCUT2D eigenvalue weighted by molar-refractivity contribution is 6.07. The van der Waals surface area contributed by atoms with Gasteiger partial charge in [-0.15, -0.1) is 0 Å². The van der Waals surface area contributed by atoms with Crippen LogP contribution in [0.15, 0.2) is 103 Å². The smallest absolute Gasteiger partial charge is 0.330 e. The average molecular weight is 602 g/mol. The molecule has 8 nitrogen and oxygen atoms in total. The third-order valence-electron chi connectivity index (χ3n) is 8.32. The molecule has 45 heavy (non-hydrogen) atoms. The van der Waals surface area contributed by atoms with Crippen LogP contribution in [0.1, 0.15) is 11.3 Å². The maximum absolute atomic E-state index is 13.7. The number of anilines is 4. The first-order valence-corrected chi connectivity index (χ1v) is 15.3. The lowest BCUT2D eigenvalue weighted by molar-refractivity contribution is 0.259. The summed E-state index contributed by atoms with van der Waals surface area (Å²) in [5, 5.41) is 4.25. The van der Waals surface area contributed by atoms with Gasteiger partial charge in [-0.1, -0.05) is 18.2 Å². The van der Waals surface area contributed by atoms with Crippen molar-refractivity contribution in [2.24, 2.45) is 0 Å². The van der Waals surface area contributed by atoms with E-state index in [1.165, 1.54) is 16.6 Å². The van der Waals surface area contributed by atoms with Gasteiger partial charge in [0.1, 0.15) is 11.5 Å². The number of rotatable bonds is 9. The number of ether oxygens (including phenoxy) is 2. The van der Waals surface area contributed by atoms with E-state index in [1.807, 2.05) is 67.6 Å². The molecule has 1 N–H and O–H groups in total. The van der Waals surface area contributed by atoms with Crippen molar-refractivity contribution >= 4 is 39.7 Å². The number of urea groups is 1. The predicted octanol–water partition coefficient (Wildman–Crippen LogP) is 7.30. The van der Waals surface area contributed by atoms with E-state index in [1.54, 1.807) is 19.1 Å². The summed E-state index contributed by atoms with van der Waals surface area (Å²) in [5.41, 5.74) is 6.77. The molecule has 230 valence electrons. The lowest BCUT2D eigenvalue weighted by Crippen LogP contribution is -2.47. The zero-order valence-corrected chi connectivity index (χ0v) is 26.1. The highest BCUT2D eigenvalue weighted by Gasteiger charge is 2.21. The van der Waals surface area contributed by atoms with Gasteiger partial charge in [-0.3, -0.25) is 14.8 Å². The summed E-state index contributed by atoms with van der Waals surface area (Å²) in [6.45, 7) is 6.94. The van der Waals surface area contributed by atoms with Crippen molar-refractivity contribution in [2.75, 3.05) is 62.1 Å². The fourth-order valence-corrected chi connectivity index (χ4v) is 5.84. The van der Waals surface area contributed by atoms with Gasteiger partial charge in [-0.2, -0.15) is 0 Å². The first-order chi connectivity index (χ1) is 22.0. The maximum Gasteiger partial charge on any atom is 0.330 e. The second-order valence-electron chi connectivity index (χ2n) is 11.2. The van der Waals surface area contributed by atoms with Crippen LogP contribution >= 0.6 is 0 Å². The molecule has 1 aliphatic heterocycles. The number of amides is 2. The molecule has 2 heterocycles. The molecule has 0 aliphatic carbocycles. The van der Waals surface area contributed by atoms with Gasteiger partial charge in [0.25, 0.3) is 0 Å². The Hall–Kier alpha value is -5.08. The van der Waals surface area contributed by atoms with Crippen molar-refractivity contribution in [3.05, 3.63) is 114 Å². The molecular weight excluding hydrogens is 562 g/mol. The number of nitrogens with one attached hydrogen (secondary N) is 1. The summed E-state index contributed by atoms with van der Waals surface area (Å²) in [6, 6.07) is 33.5. The average Bonchev–Trinajstić information content (AvgIpc) is 3.08. The summed E-state index contributed by atoms with van der Waals surface area (Å²) >= 11 is 0. The number of fused-ring (bicyclic) bond motifs is 1. The monoisotopic (exact) mass is 601 g/mol. The Morgan fingerprint density at radius 1 is 0.800 bits per heavy atom. The minimum atomic E-state index is -0.252. The molecule has 1 saturated heterocycles. The standard InChI is InChI=1S/C37H39N5O3/c1-27-10-19-34-35(38-27)8-5-9-36(34)41-24-22-40(23-25-41)21-20-28-6-4-7-31(26-28)42(30-13-17-33(45-3)18-14-30)37(43)39-29-11-15-32(44-2)16-12-29/h4-19,26H,20-25H2,1-3H3,(H,39,43). The Bertz CT molecular complexity index is 1750. The lowest BCUT2D eigenvalue weighted by atomic mass is 10.1. The van der Waals surface area contributed by atoms with Crippen LogP contribution in [0, 0.1) is 6.92 Å². The quantitative estimate of drug-likeness (QED) is 0.191. The van der Waals surface area contributed by atoms with Crippen molar-refractivity contribution in [1.29, 1.82) is 0 Å². The van der Waals surface area contributed by atoms with Crippen LogP contribution in [0.5, 0.6) is 11.5 Å². The molecule has 0 saturated carbocycles. The number of carbonyl (C=O) groups excluding carboxylic acids is 1. The van der Waals surface area contributed by atoms with Crippen LogP contribution in [0.3, 0.4) is 0 Å². The van der Waals surface area contributed by atoms with Gasteiger partial charge < -0.3 is 19.7 Å². The Morgan fingerprint density at radius 3 is 2.20 bits per heavy atom. The molecule has 0 unspecified atom stereocenters. The van der Waals surface area contributed by atoms with E-state index in [-0.39, 0.29) is 6.03 Å². The van der Waals surface area contributed by atoms with Crippen molar-refractivity contribution in [3.8, 4) is 11.5 Å². The molecule has 0 atom stereocenters. The Kier molecular flexibility index (Phi) is 9.12. The number of aryl methyl sites for hydroxylation is 1. The fraction of sp³-hybridized carbons (Fsp3) is 0.243. The number of hydrogen-bond acceptors (Lipinski definition) is 6. The van der Waals surface area contributed by atoms with Crippen LogP contribution in [-0.4, -0.2) is 62.9 Å². The molecule has 1 aromatic heterocycles. The highest BCUT2D eigenvalue weighted by Crippen LogP contribution is 2.30. The number of pyridine rings is 1. The number of piperazine rings is 1. The summed E-state index contributed by atoms with van der Waals surface area (Å²) in [7, 11) is 3.26. The minimum Gasteiger partial charge on any atom is -0.497 e. The largest absolute Gasteiger partial charge is 0.497 e. The summed E-state index contributed by atoms with van der Waals surface area (Å²) in [5.74, 6) is 1.46. The number of hydrogen-bond donors (Lipinski definition) is 1. The van der Waals surface area contributed by atoms with Crippen molar-refractivity contribution in [2.45, 2.75) is 13.3 Å². The van der Waals surface area contributed by atoms with Crippen LogP contribution in [0.25, 0.3) is 10.9 Å². The lowest BCUT2D eigenvalue weighted by Gasteiger charge is -2.36. The van der Waals surface area contributed by atoms with Gasteiger partial charge in [0, 0.05) is 55.2 Å². The van der Waals surface area contributed by atoms with Gasteiger partial charge in [0.15, 0.2) is 0 Å². The van der Waals surface area contributed by atoms with Crippen LogP contribution < -0.4 is 24.6 Å². The van der Waals surface area contributed by atoms with Gasteiger partial charge in [0.05, 0.1) is 31.1 Å². The topological polar surface area (TPSA) is 70.2 Å². The second kappa shape index (κ2) is 13.7. The number of methoxy groups -OCH3 is 2. The molecule has 6 rings (SSSR count).